The molecule has 0 saturated carbocycles. The Kier molecular flexibility index (Phi) is 3.75. The third kappa shape index (κ3) is 2.63. The maximum absolute atomic E-state index is 12.8. The van der Waals surface area contributed by atoms with Crippen LogP contribution in [-0.2, 0) is 12.0 Å². The molecule has 4 heterocycles. The van der Waals surface area contributed by atoms with Crippen LogP contribution in [0.2, 0.25) is 0 Å². The molecule has 2 N–H and O–H groups in total. The van der Waals surface area contributed by atoms with Gasteiger partial charge in [0, 0.05) is 42.4 Å². The zero-order valence-corrected chi connectivity index (χ0v) is 15.5. The molecular formula is C21H23N5O. The van der Waals surface area contributed by atoms with Gasteiger partial charge >= 0.3 is 0 Å². The van der Waals surface area contributed by atoms with Crippen molar-refractivity contribution in [2.24, 2.45) is 0 Å². The van der Waals surface area contributed by atoms with E-state index in [-0.39, 0.29) is 11.4 Å². The number of nitrogens with zero attached hydrogens (tertiary/aromatic N) is 3. The maximum atomic E-state index is 12.8. The van der Waals surface area contributed by atoms with E-state index in [1.807, 2.05) is 11.8 Å². The number of aryl methyl sites for hydroxylation is 1. The normalized spacial score (nSPS) is 18.6. The largest absolute Gasteiger partial charge is 0.357 e. The molecule has 0 unspecified atom stereocenters. The second-order valence-electron chi connectivity index (χ2n) is 7.62. The summed E-state index contributed by atoms with van der Waals surface area (Å²) in [6.07, 6.45) is 6.08. The molecular weight excluding hydrogens is 338 g/mol. The van der Waals surface area contributed by atoms with Gasteiger partial charge in [-0.2, -0.15) is 0 Å². The Morgan fingerprint density at radius 1 is 1.15 bits per heavy atom. The first-order valence-electron chi connectivity index (χ1n) is 9.59. The van der Waals surface area contributed by atoms with Crippen molar-refractivity contribution >= 4 is 16.8 Å². The number of carbonyl (C=O) groups is 1. The lowest BCUT2D eigenvalue weighted by molar-refractivity contribution is 0.0620. The first-order chi connectivity index (χ1) is 13.2. The number of aromatic nitrogens is 3. The second kappa shape index (κ2) is 6.16. The first kappa shape index (κ1) is 16.4. The molecule has 1 amide bonds. The average molecular weight is 361 g/mol. The second-order valence-corrected chi connectivity index (χ2v) is 7.62. The molecule has 2 aliphatic heterocycles. The molecule has 6 nitrogen and oxygen atoms in total. The number of fused-ring (bicyclic) bond motifs is 4. The van der Waals surface area contributed by atoms with Crippen LogP contribution in [0, 0.1) is 6.92 Å². The van der Waals surface area contributed by atoms with E-state index in [9.17, 15) is 4.79 Å². The number of rotatable bonds is 1. The lowest BCUT2D eigenvalue weighted by Crippen LogP contribution is -2.55. The van der Waals surface area contributed by atoms with Crippen molar-refractivity contribution in [3.05, 3.63) is 59.3 Å². The number of carbonyl (C=O) groups excluding carboxylic acids is 1. The summed E-state index contributed by atoms with van der Waals surface area (Å²) in [4.78, 5) is 26.8. The summed E-state index contributed by atoms with van der Waals surface area (Å²) in [5.74, 6) is -0.0231. The average Bonchev–Trinajstić information content (AvgIpc) is 3.09. The van der Waals surface area contributed by atoms with Gasteiger partial charge in [-0.25, -0.2) is 4.98 Å². The molecule has 2 aliphatic rings. The maximum Gasteiger partial charge on any atom is 0.274 e. The first-order valence-corrected chi connectivity index (χ1v) is 9.59. The van der Waals surface area contributed by atoms with Crippen LogP contribution < -0.4 is 5.32 Å². The van der Waals surface area contributed by atoms with Gasteiger partial charge in [0.25, 0.3) is 5.91 Å². The molecule has 5 rings (SSSR count). The van der Waals surface area contributed by atoms with Crippen molar-refractivity contribution in [2.45, 2.75) is 31.7 Å². The molecule has 0 bridgehead atoms. The van der Waals surface area contributed by atoms with Crippen LogP contribution in [0.25, 0.3) is 10.9 Å². The van der Waals surface area contributed by atoms with Crippen LogP contribution in [-0.4, -0.2) is 45.4 Å². The molecule has 138 valence electrons. The summed E-state index contributed by atoms with van der Waals surface area (Å²) >= 11 is 0. The summed E-state index contributed by atoms with van der Waals surface area (Å²) < 4.78 is 0. The zero-order chi connectivity index (χ0) is 18.4. The van der Waals surface area contributed by atoms with Crippen LogP contribution in [0.5, 0.6) is 0 Å². The fraction of sp³-hybridized carbons (Fsp3) is 0.381. The highest BCUT2D eigenvalue weighted by Gasteiger charge is 2.42. The number of para-hydroxylation sites is 1. The van der Waals surface area contributed by atoms with Crippen LogP contribution in [0.3, 0.4) is 0 Å². The van der Waals surface area contributed by atoms with Crippen LogP contribution in [0.1, 0.15) is 40.3 Å². The molecule has 1 saturated heterocycles. The molecule has 0 aliphatic carbocycles. The minimum Gasteiger partial charge on any atom is -0.357 e. The molecule has 27 heavy (non-hydrogen) atoms. The molecule has 6 heteroatoms. The number of hydrogen-bond donors (Lipinski definition) is 2. The molecule has 2 aromatic heterocycles. The third-order valence-corrected chi connectivity index (χ3v) is 6.03. The van der Waals surface area contributed by atoms with Crippen molar-refractivity contribution < 1.29 is 4.79 Å². The Bertz CT molecular complexity index is 999. The Balaban J connectivity index is 1.40. The predicted octanol–water partition coefficient (Wildman–Crippen LogP) is 2.54. The van der Waals surface area contributed by atoms with E-state index in [2.05, 4.69) is 44.5 Å². The topological polar surface area (TPSA) is 73.9 Å². The van der Waals surface area contributed by atoms with Gasteiger partial charge in [-0.1, -0.05) is 18.2 Å². The van der Waals surface area contributed by atoms with Crippen molar-refractivity contribution in [3.8, 4) is 0 Å². The van der Waals surface area contributed by atoms with Gasteiger partial charge in [-0.15, -0.1) is 0 Å². The fourth-order valence-electron chi connectivity index (χ4n) is 4.57. The summed E-state index contributed by atoms with van der Waals surface area (Å²) in [5.41, 5.74) is 5.15. The van der Waals surface area contributed by atoms with Gasteiger partial charge in [-0.3, -0.25) is 9.78 Å². The lowest BCUT2D eigenvalue weighted by atomic mass is 9.79. The number of aromatic amines is 1. The van der Waals surface area contributed by atoms with E-state index in [1.165, 1.54) is 22.2 Å². The van der Waals surface area contributed by atoms with E-state index in [0.29, 0.717) is 5.69 Å². The summed E-state index contributed by atoms with van der Waals surface area (Å²) in [6.45, 7) is 4.29. The fourth-order valence-corrected chi connectivity index (χ4v) is 4.57. The quantitative estimate of drug-likeness (QED) is 0.699. The highest BCUT2D eigenvalue weighted by molar-refractivity contribution is 5.92. The number of piperidine rings is 1. The Hall–Kier alpha value is -2.73. The van der Waals surface area contributed by atoms with Gasteiger partial charge in [0.05, 0.1) is 17.4 Å². The summed E-state index contributed by atoms with van der Waals surface area (Å²) in [6, 6.07) is 8.54. The van der Waals surface area contributed by atoms with E-state index in [4.69, 9.17) is 0 Å². The van der Waals surface area contributed by atoms with Crippen molar-refractivity contribution in [3.63, 3.8) is 0 Å². The number of benzene rings is 1. The Morgan fingerprint density at radius 2 is 1.96 bits per heavy atom. The monoisotopic (exact) mass is 361 g/mol. The number of nitrogens with one attached hydrogen (secondary N) is 2. The molecule has 3 aromatic rings. The molecule has 0 radical (unpaired) electrons. The summed E-state index contributed by atoms with van der Waals surface area (Å²) in [5, 5.41) is 5.10. The number of hydrogen-bond acceptors (Lipinski definition) is 4. The van der Waals surface area contributed by atoms with E-state index in [0.717, 1.165) is 44.6 Å². The standard InChI is InChI=1S/C21H23N5O/c1-14-12-23-18(13-22-14)20(27)26-10-7-21(8-11-26)19-16(6-9-24-21)15-4-2-3-5-17(15)25-19/h2-5,12-13,24-25H,6-11H2,1H3. The summed E-state index contributed by atoms with van der Waals surface area (Å²) in [7, 11) is 0. The van der Waals surface area contributed by atoms with Crippen LogP contribution in [0.15, 0.2) is 36.7 Å². The number of likely N-dealkylation sites (tertiary alicyclic amines) is 1. The molecule has 1 aromatic carbocycles. The predicted molar refractivity (Wildman–Crippen MR) is 104 cm³/mol. The smallest absolute Gasteiger partial charge is 0.274 e. The molecule has 1 spiro atoms. The number of H-pyrrole nitrogens is 1. The van der Waals surface area contributed by atoms with E-state index >= 15 is 0 Å². The van der Waals surface area contributed by atoms with Crippen molar-refractivity contribution in [2.75, 3.05) is 19.6 Å². The van der Waals surface area contributed by atoms with Crippen LogP contribution >= 0.6 is 0 Å². The SMILES string of the molecule is Cc1cnc(C(=O)N2CCC3(CC2)NCCc2c3[nH]c3ccccc23)cn1. The van der Waals surface area contributed by atoms with Gasteiger partial charge in [0.1, 0.15) is 5.69 Å². The number of amides is 1. The zero-order valence-electron chi connectivity index (χ0n) is 15.5. The van der Waals surface area contributed by atoms with E-state index < -0.39 is 0 Å². The van der Waals surface area contributed by atoms with E-state index in [1.54, 1.807) is 12.4 Å². The van der Waals surface area contributed by atoms with Crippen LogP contribution in [0.4, 0.5) is 0 Å². The van der Waals surface area contributed by atoms with Gasteiger partial charge in [-0.05, 0) is 37.8 Å². The Labute approximate surface area is 158 Å². The highest BCUT2D eigenvalue weighted by atomic mass is 16.2. The third-order valence-electron chi connectivity index (χ3n) is 6.03. The minimum absolute atomic E-state index is 0.0231. The Morgan fingerprint density at radius 3 is 2.74 bits per heavy atom. The van der Waals surface area contributed by atoms with Gasteiger partial charge < -0.3 is 15.2 Å². The van der Waals surface area contributed by atoms with Gasteiger partial charge in [0.2, 0.25) is 0 Å². The van der Waals surface area contributed by atoms with Crippen molar-refractivity contribution in [1.82, 2.24) is 25.2 Å². The highest BCUT2D eigenvalue weighted by Crippen LogP contribution is 2.40. The van der Waals surface area contributed by atoms with Crippen molar-refractivity contribution in [1.29, 1.82) is 0 Å². The lowest BCUT2D eigenvalue weighted by Gasteiger charge is -2.44. The minimum atomic E-state index is -0.0671. The molecule has 1 fully saturated rings. The molecule has 0 atom stereocenters. The van der Waals surface area contributed by atoms with Gasteiger partial charge in [0.15, 0.2) is 0 Å².